The molecule has 0 bridgehead atoms. The molecule has 0 aliphatic carbocycles. The Kier molecular flexibility index (Phi) is 7.74. The number of aliphatic carboxylic acids is 1. The predicted molar refractivity (Wildman–Crippen MR) is 130 cm³/mol. The number of hydrogen-bond acceptors (Lipinski definition) is 14. The number of thioether (sulfide) groups is 2. The number of amides is 2. The second-order valence-corrected chi connectivity index (χ2v) is 11.0. The van der Waals surface area contributed by atoms with Crippen LogP contribution in [0.3, 0.4) is 0 Å². The van der Waals surface area contributed by atoms with E-state index in [4.69, 9.17) is 5.73 Å². The lowest BCUT2D eigenvalue weighted by atomic mass is 9.89. The second-order valence-electron chi connectivity index (χ2n) is 8.02. The number of fused-ring (bicyclic) bond motifs is 1. The molecule has 3 atom stereocenters. The highest BCUT2D eigenvalue weighted by Gasteiger charge is 2.57. The van der Waals surface area contributed by atoms with Crippen LogP contribution < -0.4 is 16.6 Å². The van der Waals surface area contributed by atoms with Gasteiger partial charge in [0.15, 0.2) is 16.0 Å². The molecule has 2 aliphatic heterocycles. The molecule has 0 spiro atoms. The number of nitrogens with two attached hydrogens (primary N) is 1. The molecule has 2 fully saturated rings. The molecule has 0 saturated carbocycles. The summed E-state index contributed by atoms with van der Waals surface area (Å²) in [4.78, 5) is 62.2. The van der Waals surface area contributed by atoms with Crippen LogP contribution in [0.1, 0.15) is 5.69 Å². The van der Waals surface area contributed by atoms with Crippen LogP contribution in [0.5, 0.6) is 5.88 Å². The van der Waals surface area contributed by atoms with Gasteiger partial charge in [0.25, 0.3) is 11.8 Å². The average Bonchev–Trinajstić information content (AvgIpc) is 3.29. The number of aromatic nitrogens is 4. The van der Waals surface area contributed by atoms with E-state index in [2.05, 4.69) is 30.4 Å². The van der Waals surface area contributed by atoms with Gasteiger partial charge in [-0.15, -0.1) is 28.2 Å². The van der Waals surface area contributed by atoms with Gasteiger partial charge in [-0.05, 0) is 0 Å². The molecule has 2 unspecified atom stereocenters. The lowest BCUT2D eigenvalue weighted by Crippen LogP contribution is -2.74. The van der Waals surface area contributed by atoms with Crippen molar-refractivity contribution >= 4 is 63.5 Å². The Labute approximate surface area is 223 Å². The zero-order chi connectivity index (χ0) is 27.8. The number of carbonyl (C=O) groups is 3. The summed E-state index contributed by atoms with van der Waals surface area (Å²) in [6, 6.07) is -1.08. The highest BCUT2D eigenvalue weighted by Crippen LogP contribution is 2.44. The molecule has 204 valence electrons. The van der Waals surface area contributed by atoms with E-state index >= 15 is 0 Å². The standard InChI is InChI=1S/C18H18F2N8O7S3/c1-27-17(24-10(30)11(31)25-27)38-5-18(14(33)34)3-28-12(32)8(13(28)37-4-18)23-9(29)7(26-35-15(19)20)6-2-36-16(21)22-6/h2,8,13,15H,3-5H2,1H3,(H2,21,22)(H,23,29)(H,25,31)(H,33,34)/t8?,13-,18?/m1/s1. The number of anilines is 1. The number of alkyl halides is 2. The Morgan fingerprint density at radius 1 is 1.42 bits per heavy atom. The van der Waals surface area contributed by atoms with E-state index in [1.54, 1.807) is 0 Å². The van der Waals surface area contributed by atoms with E-state index in [0.717, 1.165) is 39.5 Å². The van der Waals surface area contributed by atoms with Crippen LogP contribution in [-0.2, 0) is 26.3 Å². The number of aryl methyl sites for hydroxylation is 1. The SMILES string of the molecule is Cn1nc(O)c(=O)nc1SCC1(C(=O)O)CS[C@@H]2C(NC(=O)C(=NOC(F)F)c3csc(N)n3)C(=O)N2C1. The Morgan fingerprint density at radius 2 is 2.16 bits per heavy atom. The van der Waals surface area contributed by atoms with Crippen LogP contribution in [0.2, 0.25) is 0 Å². The van der Waals surface area contributed by atoms with Gasteiger partial charge in [0, 0.05) is 30.5 Å². The molecule has 2 aromatic rings. The summed E-state index contributed by atoms with van der Waals surface area (Å²) in [5, 5.41) is 29.3. The number of hydrogen-bond donors (Lipinski definition) is 4. The number of β-lactam (4-membered cyclic amide) rings is 1. The lowest BCUT2D eigenvalue weighted by molar-refractivity contribution is -0.157. The maximum atomic E-state index is 12.9. The Bertz CT molecular complexity index is 1370. The minimum absolute atomic E-state index is 0.0354. The molecule has 38 heavy (non-hydrogen) atoms. The summed E-state index contributed by atoms with van der Waals surface area (Å²) in [6.07, 6.45) is 0. The average molecular weight is 593 g/mol. The smallest absolute Gasteiger partial charge is 0.407 e. The van der Waals surface area contributed by atoms with Crippen molar-refractivity contribution in [1.29, 1.82) is 0 Å². The van der Waals surface area contributed by atoms with Crippen molar-refractivity contribution in [1.82, 2.24) is 30.0 Å². The van der Waals surface area contributed by atoms with Crippen molar-refractivity contribution in [2.75, 3.05) is 23.8 Å². The number of halogens is 2. The van der Waals surface area contributed by atoms with Crippen molar-refractivity contribution in [2.45, 2.75) is 23.2 Å². The fourth-order valence-corrected chi connectivity index (χ4v) is 6.89. The van der Waals surface area contributed by atoms with Gasteiger partial charge in [-0.3, -0.25) is 19.2 Å². The summed E-state index contributed by atoms with van der Waals surface area (Å²) in [5.41, 5.74) is 2.41. The molecule has 2 amide bonds. The molecule has 2 saturated heterocycles. The van der Waals surface area contributed by atoms with E-state index in [0.29, 0.717) is 0 Å². The Balaban J connectivity index is 1.45. The fraction of sp³-hybridized carbons (Fsp3) is 0.444. The van der Waals surface area contributed by atoms with Crippen LogP contribution in [0.4, 0.5) is 13.9 Å². The molecule has 20 heteroatoms. The maximum absolute atomic E-state index is 12.9. The summed E-state index contributed by atoms with van der Waals surface area (Å²) in [5.74, 6) is -3.63. The zero-order valence-electron chi connectivity index (χ0n) is 19.1. The van der Waals surface area contributed by atoms with Gasteiger partial charge >= 0.3 is 18.1 Å². The second kappa shape index (κ2) is 10.7. The number of thiazole rings is 1. The first kappa shape index (κ1) is 27.5. The molecule has 4 rings (SSSR count). The molecule has 0 aromatic carbocycles. The highest BCUT2D eigenvalue weighted by molar-refractivity contribution is 8.00. The monoisotopic (exact) mass is 592 g/mol. The van der Waals surface area contributed by atoms with Crippen LogP contribution in [0, 0.1) is 5.41 Å². The number of carbonyl (C=O) groups excluding carboxylic acids is 2. The van der Waals surface area contributed by atoms with Gasteiger partial charge in [-0.25, -0.2) is 9.67 Å². The van der Waals surface area contributed by atoms with Crippen molar-refractivity contribution in [3.63, 3.8) is 0 Å². The number of aromatic hydroxyl groups is 1. The van der Waals surface area contributed by atoms with Crippen LogP contribution in [0.25, 0.3) is 0 Å². The summed E-state index contributed by atoms with van der Waals surface area (Å²) in [6.45, 7) is -3.50. The topological polar surface area (TPSA) is 215 Å². The lowest BCUT2D eigenvalue weighted by Gasteiger charge is -2.53. The number of nitrogens with zero attached hydrogens (tertiary/aromatic N) is 6. The minimum Gasteiger partial charge on any atom is -0.488 e. The summed E-state index contributed by atoms with van der Waals surface area (Å²) >= 11 is 2.96. The maximum Gasteiger partial charge on any atom is 0.407 e. The molecule has 15 nitrogen and oxygen atoms in total. The number of carboxylic acid groups (broad SMARTS) is 1. The largest absolute Gasteiger partial charge is 0.488 e. The minimum atomic E-state index is -3.31. The number of nitrogen functional groups attached to an aromatic ring is 1. The van der Waals surface area contributed by atoms with Gasteiger partial charge in [0.1, 0.15) is 22.5 Å². The van der Waals surface area contributed by atoms with Crippen molar-refractivity contribution in [3.05, 3.63) is 21.4 Å². The molecule has 2 aromatic heterocycles. The molecule has 4 heterocycles. The van der Waals surface area contributed by atoms with E-state index in [1.165, 1.54) is 17.3 Å². The molecular weight excluding hydrogens is 574 g/mol. The first-order valence-electron chi connectivity index (χ1n) is 10.4. The number of nitrogens with one attached hydrogen (secondary N) is 1. The molecule has 5 N–H and O–H groups in total. The number of rotatable bonds is 9. The van der Waals surface area contributed by atoms with Crippen molar-refractivity contribution in [2.24, 2.45) is 17.6 Å². The highest BCUT2D eigenvalue weighted by atomic mass is 32.2. The molecular formula is C18H18F2N8O7S3. The van der Waals surface area contributed by atoms with Gasteiger partial charge < -0.3 is 31.0 Å². The zero-order valence-corrected chi connectivity index (χ0v) is 21.6. The fourth-order valence-electron chi connectivity index (χ4n) is 3.57. The van der Waals surface area contributed by atoms with E-state index in [-0.39, 0.29) is 34.0 Å². The predicted octanol–water partition coefficient (Wildman–Crippen LogP) is -0.874. The quantitative estimate of drug-likeness (QED) is 0.121. The van der Waals surface area contributed by atoms with Crippen LogP contribution in [-0.4, -0.2) is 94.4 Å². The normalized spacial score (nSPS) is 23.1. The first-order chi connectivity index (χ1) is 17.9. The van der Waals surface area contributed by atoms with Crippen molar-refractivity contribution in [3.8, 4) is 5.88 Å². The summed E-state index contributed by atoms with van der Waals surface area (Å²) in [7, 11) is 1.42. The van der Waals surface area contributed by atoms with Crippen molar-refractivity contribution < 1.29 is 38.2 Å². The van der Waals surface area contributed by atoms with Gasteiger partial charge in [-0.2, -0.15) is 13.8 Å². The van der Waals surface area contributed by atoms with Gasteiger partial charge in [0.05, 0.1) is 0 Å². The number of oxime groups is 1. The number of carboxylic acids is 1. The third-order valence-corrected chi connectivity index (χ3v) is 9.05. The van der Waals surface area contributed by atoms with Crippen LogP contribution in [0.15, 0.2) is 20.5 Å². The van der Waals surface area contributed by atoms with E-state index in [1.807, 2.05) is 0 Å². The van der Waals surface area contributed by atoms with E-state index in [9.17, 15) is 38.2 Å². The van der Waals surface area contributed by atoms with Crippen LogP contribution >= 0.6 is 34.9 Å². The summed E-state index contributed by atoms with van der Waals surface area (Å²) < 4.78 is 26.2. The van der Waals surface area contributed by atoms with Gasteiger partial charge in [0.2, 0.25) is 5.91 Å². The van der Waals surface area contributed by atoms with E-state index < -0.39 is 58.4 Å². The van der Waals surface area contributed by atoms with Gasteiger partial charge in [-0.1, -0.05) is 16.9 Å². The Morgan fingerprint density at radius 3 is 2.79 bits per heavy atom. The molecule has 0 radical (unpaired) electrons. The Hall–Kier alpha value is -3.52. The third kappa shape index (κ3) is 5.36. The molecule has 2 aliphatic rings. The first-order valence-corrected chi connectivity index (χ1v) is 13.3. The third-order valence-electron chi connectivity index (χ3n) is 5.48.